The minimum absolute atomic E-state index is 0.284. The highest BCUT2D eigenvalue weighted by Crippen LogP contribution is 2.39. The van der Waals surface area contributed by atoms with E-state index in [2.05, 4.69) is 67.3 Å². The molecule has 0 fully saturated rings. The minimum Gasteiger partial charge on any atom is -0.370 e. The number of fused-ring (bicyclic) bond motifs is 1. The van der Waals surface area contributed by atoms with Gasteiger partial charge in [0.15, 0.2) is 0 Å². The number of benzene rings is 1. The van der Waals surface area contributed by atoms with Crippen LogP contribution in [0.1, 0.15) is 31.7 Å². The Morgan fingerprint density at radius 3 is 2.89 bits per heavy atom. The molecule has 2 aliphatic rings. The van der Waals surface area contributed by atoms with Crippen molar-refractivity contribution in [1.29, 1.82) is 0 Å². The molecule has 1 aliphatic heterocycles. The molecule has 0 N–H and O–H groups in total. The van der Waals surface area contributed by atoms with Crippen molar-refractivity contribution in [2.45, 2.75) is 26.2 Å². The second-order valence-electron chi connectivity index (χ2n) is 5.99. The Morgan fingerprint density at radius 2 is 2.11 bits per heavy atom. The molecule has 1 nitrogen and oxygen atoms in total. The van der Waals surface area contributed by atoms with Gasteiger partial charge in [0.2, 0.25) is 0 Å². The first kappa shape index (κ1) is 11.6. The van der Waals surface area contributed by atoms with Gasteiger partial charge in [-0.15, -0.1) is 0 Å². The lowest BCUT2D eigenvalue weighted by Gasteiger charge is -2.33. The molecular formula is C17H21N. The van der Waals surface area contributed by atoms with Crippen LogP contribution in [0.15, 0.2) is 48.6 Å². The summed E-state index contributed by atoms with van der Waals surface area (Å²) in [6.07, 6.45) is 10.1. The minimum atomic E-state index is 0.284. The van der Waals surface area contributed by atoms with Crippen LogP contribution in [0.2, 0.25) is 0 Å². The molecule has 2 unspecified atom stereocenters. The van der Waals surface area contributed by atoms with E-state index in [0.29, 0.717) is 5.92 Å². The van der Waals surface area contributed by atoms with Gasteiger partial charge in [-0.1, -0.05) is 56.4 Å². The van der Waals surface area contributed by atoms with Gasteiger partial charge in [-0.05, 0) is 18.1 Å². The van der Waals surface area contributed by atoms with E-state index in [4.69, 9.17) is 0 Å². The van der Waals surface area contributed by atoms with Crippen molar-refractivity contribution in [3.05, 3.63) is 54.1 Å². The first-order valence-corrected chi connectivity index (χ1v) is 6.86. The monoisotopic (exact) mass is 239 g/mol. The Morgan fingerprint density at radius 1 is 1.28 bits per heavy atom. The van der Waals surface area contributed by atoms with Crippen molar-refractivity contribution in [3.63, 3.8) is 0 Å². The van der Waals surface area contributed by atoms with E-state index >= 15 is 0 Å². The summed E-state index contributed by atoms with van der Waals surface area (Å²) in [6.45, 7) is 6.97. The van der Waals surface area contributed by atoms with Crippen LogP contribution in [-0.2, 0) is 0 Å². The third-order valence-electron chi connectivity index (χ3n) is 4.18. The summed E-state index contributed by atoms with van der Waals surface area (Å²) in [5.74, 6) is 0.660. The lowest BCUT2D eigenvalue weighted by atomic mass is 9.83. The van der Waals surface area contributed by atoms with Crippen molar-refractivity contribution in [3.8, 4) is 0 Å². The molecule has 1 aromatic rings. The zero-order chi connectivity index (χ0) is 12.6. The number of nitrogens with zero attached hydrogens (tertiary/aromatic N) is 1. The molecule has 94 valence electrons. The third kappa shape index (κ3) is 1.98. The molecule has 3 rings (SSSR count). The van der Waals surface area contributed by atoms with Crippen LogP contribution in [0.4, 0.5) is 5.69 Å². The van der Waals surface area contributed by atoms with Crippen LogP contribution < -0.4 is 4.90 Å². The maximum Gasteiger partial charge on any atom is 0.0402 e. The largest absolute Gasteiger partial charge is 0.370 e. The zero-order valence-electron chi connectivity index (χ0n) is 11.3. The molecule has 0 amide bonds. The summed E-state index contributed by atoms with van der Waals surface area (Å²) < 4.78 is 0. The average molecular weight is 239 g/mol. The second-order valence-corrected chi connectivity index (χ2v) is 5.99. The standard InChI is InChI=1S/C17H21N/c1-14-12-18(16-9-5-4-8-15(14)16)13-17(2)10-6-3-7-11-17/h3-10,14H,11-13H2,1-2H3. The topological polar surface area (TPSA) is 3.24 Å². The van der Waals surface area contributed by atoms with Gasteiger partial charge in [0, 0.05) is 30.1 Å². The highest BCUT2D eigenvalue weighted by molar-refractivity contribution is 5.60. The van der Waals surface area contributed by atoms with E-state index in [1.807, 2.05) is 0 Å². The number of anilines is 1. The fraction of sp³-hybridized carbons (Fsp3) is 0.412. The molecule has 1 aromatic carbocycles. The normalized spacial score (nSPS) is 29.7. The summed E-state index contributed by atoms with van der Waals surface area (Å²) in [4.78, 5) is 2.56. The molecule has 0 saturated carbocycles. The molecule has 0 aromatic heterocycles. The fourth-order valence-corrected chi connectivity index (χ4v) is 3.19. The Kier molecular flexibility index (Phi) is 2.77. The van der Waals surface area contributed by atoms with Crippen LogP contribution in [0.25, 0.3) is 0 Å². The number of para-hydroxylation sites is 1. The Hall–Kier alpha value is -1.50. The van der Waals surface area contributed by atoms with Gasteiger partial charge >= 0.3 is 0 Å². The van der Waals surface area contributed by atoms with Gasteiger partial charge < -0.3 is 4.90 Å². The number of rotatable bonds is 2. The van der Waals surface area contributed by atoms with Crippen LogP contribution in [0.3, 0.4) is 0 Å². The quantitative estimate of drug-likeness (QED) is 0.750. The van der Waals surface area contributed by atoms with Gasteiger partial charge in [-0.2, -0.15) is 0 Å². The predicted octanol–water partition coefficient (Wildman–Crippen LogP) is 4.13. The predicted molar refractivity (Wildman–Crippen MR) is 78.1 cm³/mol. The van der Waals surface area contributed by atoms with E-state index in [9.17, 15) is 0 Å². The van der Waals surface area contributed by atoms with E-state index in [-0.39, 0.29) is 5.41 Å². The molecule has 0 bridgehead atoms. The summed E-state index contributed by atoms with van der Waals surface area (Å²) in [7, 11) is 0. The Labute approximate surface area is 110 Å². The molecule has 0 spiro atoms. The molecular weight excluding hydrogens is 218 g/mol. The molecule has 0 radical (unpaired) electrons. The highest BCUT2D eigenvalue weighted by Gasteiger charge is 2.30. The Balaban J connectivity index is 1.83. The first-order chi connectivity index (χ1) is 8.68. The number of allylic oxidation sites excluding steroid dienone is 3. The fourth-order valence-electron chi connectivity index (χ4n) is 3.19. The molecule has 18 heavy (non-hydrogen) atoms. The van der Waals surface area contributed by atoms with Gasteiger partial charge in [0.05, 0.1) is 0 Å². The van der Waals surface area contributed by atoms with Crippen molar-refractivity contribution < 1.29 is 0 Å². The van der Waals surface area contributed by atoms with Crippen molar-refractivity contribution in [2.75, 3.05) is 18.0 Å². The van der Waals surface area contributed by atoms with Gasteiger partial charge in [-0.25, -0.2) is 0 Å². The van der Waals surface area contributed by atoms with Gasteiger partial charge in [-0.3, -0.25) is 0 Å². The summed E-state index contributed by atoms with van der Waals surface area (Å²) in [6, 6.07) is 8.86. The average Bonchev–Trinajstić information content (AvgIpc) is 2.67. The van der Waals surface area contributed by atoms with Gasteiger partial charge in [0.25, 0.3) is 0 Å². The Bertz CT molecular complexity index is 500. The zero-order valence-corrected chi connectivity index (χ0v) is 11.3. The van der Waals surface area contributed by atoms with Crippen LogP contribution in [-0.4, -0.2) is 13.1 Å². The molecule has 1 heterocycles. The smallest absolute Gasteiger partial charge is 0.0402 e. The lowest BCUT2D eigenvalue weighted by Crippen LogP contribution is -2.34. The van der Waals surface area contributed by atoms with E-state index < -0.39 is 0 Å². The van der Waals surface area contributed by atoms with Crippen molar-refractivity contribution >= 4 is 5.69 Å². The maximum absolute atomic E-state index is 2.56. The van der Waals surface area contributed by atoms with Crippen molar-refractivity contribution in [1.82, 2.24) is 0 Å². The lowest BCUT2D eigenvalue weighted by molar-refractivity contribution is 0.426. The number of hydrogen-bond acceptors (Lipinski definition) is 1. The molecule has 2 atom stereocenters. The van der Waals surface area contributed by atoms with Crippen LogP contribution in [0.5, 0.6) is 0 Å². The first-order valence-electron chi connectivity index (χ1n) is 6.86. The molecule has 1 heteroatoms. The second kappa shape index (κ2) is 4.31. The summed E-state index contributed by atoms with van der Waals surface area (Å²) in [5.41, 5.74) is 3.23. The third-order valence-corrected chi connectivity index (χ3v) is 4.18. The van der Waals surface area contributed by atoms with E-state index in [0.717, 1.165) is 19.5 Å². The molecule has 0 saturated heterocycles. The number of hydrogen-bond donors (Lipinski definition) is 0. The summed E-state index contributed by atoms with van der Waals surface area (Å²) >= 11 is 0. The molecule has 1 aliphatic carbocycles. The van der Waals surface area contributed by atoms with Crippen molar-refractivity contribution in [2.24, 2.45) is 5.41 Å². The van der Waals surface area contributed by atoms with E-state index in [1.165, 1.54) is 11.3 Å². The maximum atomic E-state index is 2.56. The SMILES string of the molecule is CC1CN(CC2(C)C=CC=CC2)c2ccccc21. The van der Waals surface area contributed by atoms with Gasteiger partial charge in [0.1, 0.15) is 0 Å². The van der Waals surface area contributed by atoms with E-state index in [1.54, 1.807) is 0 Å². The van der Waals surface area contributed by atoms with Crippen LogP contribution in [0, 0.1) is 5.41 Å². The highest BCUT2D eigenvalue weighted by atomic mass is 15.2. The van der Waals surface area contributed by atoms with Crippen LogP contribution >= 0.6 is 0 Å². The summed E-state index contributed by atoms with van der Waals surface area (Å²) in [5, 5.41) is 0.